The van der Waals surface area contributed by atoms with Gasteiger partial charge in [0.05, 0.1) is 11.1 Å². The van der Waals surface area contributed by atoms with Crippen LogP contribution in [-0.2, 0) is 0 Å². The number of aromatic carboxylic acids is 1. The number of hydrogen-bond donors (Lipinski definition) is 2. The molecule has 3 rings (SSSR count). The standard InChI is InChI=1S/C15H13N3O3/c1-8-11(12(15(19)20)9(2)16-8)14-17-13(18-21-14)10-6-4-3-5-7-10/h3-7,16H,1-2H3,(H,19,20). The van der Waals surface area contributed by atoms with Crippen LogP contribution in [0, 0.1) is 13.8 Å². The predicted octanol–water partition coefficient (Wildman–Crippen LogP) is 3.05. The Kier molecular flexibility index (Phi) is 3.06. The molecule has 0 atom stereocenters. The summed E-state index contributed by atoms with van der Waals surface area (Å²) in [5.74, 6) is -0.389. The highest BCUT2D eigenvalue weighted by molar-refractivity contribution is 5.97. The van der Waals surface area contributed by atoms with Gasteiger partial charge in [0, 0.05) is 17.0 Å². The molecule has 0 unspecified atom stereocenters. The van der Waals surface area contributed by atoms with E-state index in [0.717, 1.165) is 5.56 Å². The van der Waals surface area contributed by atoms with Crippen LogP contribution in [0.5, 0.6) is 0 Å². The monoisotopic (exact) mass is 283 g/mol. The number of nitrogens with one attached hydrogen (secondary N) is 1. The largest absolute Gasteiger partial charge is 0.478 e. The predicted molar refractivity (Wildman–Crippen MR) is 76.0 cm³/mol. The Labute approximate surface area is 120 Å². The van der Waals surface area contributed by atoms with Gasteiger partial charge in [-0.15, -0.1) is 0 Å². The van der Waals surface area contributed by atoms with E-state index in [1.54, 1.807) is 13.8 Å². The molecule has 6 heteroatoms. The molecule has 6 nitrogen and oxygen atoms in total. The molecule has 0 fully saturated rings. The first-order valence-corrected chi connectivity index (χ1v) is 6.40. The summed E-state index contributed by atoms with van der Waals surface area (Å²) in [6.45, 7) is 3.48. The van der Waals surface area contributed by atoms with Gasteiger partial charge in [0.2, 0.25) is 5.82 Å². The Morgan fingerprint density at radius 2 is 1.90 bits per heavy atom. The van der Waals surface area contributed by atoms with Crippen molar-refractivity contribution in [2.75, 3.05) is 0 Å². The molecule has 0 saturated heterocycles. The molecule has 2 heterocycles. The number of aromatic nitrogens is 3. The lowest BCUT2D eigenvalue weighted by molar-refractivity contribution is 0.0697. The van der Waals surface area contributed by atoms with Crippen LogP contribution < -0.4 is 0 Å². The zero-order valence-electron chi connectivity index (χ0n) is 11.5. The Morgan fingerprint density at radius 3 is 2.57 bits per heavy atom. The maximum absolute atomic E-state index is 11.4. The molecule has 0 amide bonds. The molecule has 0 radical (unpaired) electrons. The zero-order chi connectivity index (χ0) is 15.0. The summed E-state index contributed by atoms with van der Waals surface area (Å²) in [6, 6.07) is 9.37. The van der Waals surface area contributed by atoms with Gasteiger partial charge in [-0.25, -0.2) is 4.79 Å². The van der Waals surface area contributed by atoms with Crippen LogP contribution in [0.25, 0.3) is 22.8 Å². The molecule has 0 aliphatic rings. The van der Waals surface area contributed by atoms with Crippen molar-refractivity contribution in [1.29, 1.82) is 0 Å². The number of aromatic amines is 1. The third-order valence-corrected chi connectivity index (χ3v) is 3.26. The maximum Gasteiger partial charge on any atom is 0.338 e. The van der Waals surface area contributed by atoms with E-state index >= 15 is 0 Å². The smallest absolute Gasteiger partial charge is 0.338 e. The number of aryl methyl sites for hydroxylation is 2. The lowest BCUT2D eigenvalue weighted by Gasteiger charge is -1.96. The summed E-state index contributed by atoms with van der Waals surface area (Å²) < 4.78 is 5.25. The van der Waals surface area contributed by atoms with Gasteiger partial charge in [0.15, 0.2) is 0 Å². The zero-order valence-corrected chi connectivity index (χ0v) is 11.5. The van der Waals surface area contributed by atoms with Gasteiger partial charge in [-0.05, 0) is 13.8 Å². The van der Waals surface area contributed by atoms with Crippen LogP contribution in [0.2, 0.25) is 0 Å². The van der Waals surface area contributed by atoms with Crippen molar-refractivity contribution in [3.63, 3.8) is 0 Å². The average molecular weight is 283 g/mol. The summed E-state index contributed by atoms with van der Waals surface area (Å²) >= 11 is 0. The minimum absolute atomic E-state index is 0.163. The topological polar surface area (TPSA) is 92.0 Å². The number of H-pyrrole nitrogens is 1. The van der Waals surface area contributed by atoms with Gasteiger partial charge in [-0.3, -0.25) is 0 Å². The van der Waals surface area contributed by atoms with E-state index in [-0.39, 0.29) is 11.5 Å². The van der Waals surface area contributed by atoms with E-state index < -0.39 is 5.97 Å². The Balaban J connectivity index is 2.11. The van der Waals surface area contributed by atoms with E-state index in [1.165, 1.54) is 0 Å². The molecule has 3 aromatic rings. The summed E-state index contributed by atoms with van der Waals surface area (Å²) in [6.07, 6.45) is 0. The summed E-state index contributed by atoms with van der Waals surface area (Å²) in [5, 5.41) is 13.3. The van der Waals surface area contributed by atoms with E-state index in [1.807, 2.05) is 30.3 Å². The second-order valence-corrected chi connectivity index (χ2v) is 4.72. The molecule has 1 aromatic carbocycles. The Bertz CT molecular complexity index is 803. The van der Waals surface area contributed by atoms with Crippen LogP contribution >= 0.6 is 0 Å². The first-order chi connectivity index (χ1) is 10.1. The van der Waals surface area contributed by atoms with Crippen LogP contribution in [0.15, 0.2) is 34.9 Å². The number of benzene rings is 1. The normalized spacial score (nSPS) is 10.8. The third-order valence-electron chi connectivity index (χ3n) is 3.26. The summed E-state index contributed by atoms with van der Waals surface area (Å²) in [4.78, 5) is 18.7. The molecule has 0 saturated carbocycles. The molecule has 21 heavy (non-hydrogen) atoms. The van der Waals surface area contributed by atoms with Crippen molar-refractivity contribution < 1.29 is 14.4 Å². The minimum Gasteiger partial charge on any atom is -0.478 e. The Hall–Kier alpha value is -2.89. The van der Waals surface area contributed by atoms with Crippen molar-refractivity contribution in [1.82, 2.24) is 15.1 Å². The fourth-order valence-corrected chi connectivity index (χ4v) is 2.35. The number of rotatable bonds is 3. The second-order valence-electron chi connectivity index (χ2n) is 4.72. The average Bonchev–Trinajstić information content (AvgIpc) is 3.04. The van der Waals surface area contributed by atoms with Crippen LogP contribution in [0.3, 0.4) is 0 Å². The minimum atomic E-state index is -1.02. The first-order valence-electron chi connectivity index (χ1n) is 6.40. The van der Waals surface area contributed by atoms with E-state index in [0.29, 0.717) is 22.8 Å². The Morgan fingerprint density at radius 1 is 1.19 bits per heavy atom. The molecular weight excluding hydrogens is 270 g/mol. The third kappa shape index (κ3) is 2.20. The highest BCUT2D eigenvalue weighted by Gasteiger charge is 2.24. The number of carboxylic acid groups (broad SMARTS) is 1. The highest BCUT2D eigenvalue weighted by Crippen LogP contribution is 2.30. The maximum atomic E-state index is 11.4. The first kappa shape index (κ1) is 13.1. The van der Waals surface area contributed by atoms with Crippen LogP contribution in [0.4, 0.5) is 0 Å². The highest BCUT2D eigenvalue weighted by atomic mass is 16.5. The summed E-state index contributed by atoms with van der Waals surface area (Å²) in [5.41, 5.74) is 2.67. The van der Waals surface area contributed by atoms with Crippen molar-refractivity contribution >= 4 is 5.97 Å². The fourth-order valence-electron chi connectivity index (χ4n) is 2.35. The number of carboxylic acids is 1. The number of nitrogens with zero attached hydrogens (tertiary/aromatic N) is 2. The van der Waals surface area contributed by atoms with E-state index in [9.17, 15) is 9.90 Å². The van der Waals surface area contributed by atoms with Crippen molar-refractivity contribution in [2.45, 2.75) is 13.8 Å². The van der Waals surface area contributed by atoms with Crippen molar-refractivity contribution in [3.05, 3.63) is 47.3 Å². The quantitative estimate of drug-likeness (QED) is 0.770. The SMILES string of the molecule is Cc1[nH]c(C)c(-c2nc(-c3ccccc3)no2)c1C(=O)O. The van der Waals surface area contributed by atoms with Gasteiger partial charge in [-0.2, -0.15) is 4.98 Å². The molecular formula is C15H13N3O3. The van der Waals surface area contributed by atoms with E-state index in [2.05, 4.69) is 15.1 Å². The number of carbonyl (C=O) groups is 1. The lowest BCUT2D eigenvalue weighted by Crippen LogP contribution is -1.99. The summed E-state index contributed by atoms with van der Waals surface area (Å²) in [7, 11) is 0. The van der Waals surface area contributed by atoms with Crippen LogP contribution in [0.1, 0.15) is 21.7 Å². The lowest BCUT2D eigenvalue weighted by atomic mass is 10.1. The molecule has 2 N–H and O–H groups in total. The molecule has 0 bridgehead atoms. The molecule has 2 aromatic heterocycles. The van der Waals surface area contributed by atoms with Gasteiger partial charge in [-0.1, -0.05) is 35.5 Å². The fraction of sp³-hybridized carbons (Fsp3) is 0.133. The van der Waals surface area contributed by atoms with Gasteiger partial charge < -0.3 is 14.6 Å². The van der Waals surface area contributed by atoms with Crippen molar-refractivity contribution in [2.24, 2.45) is 0 Å². The molecule has 0 aliphatic heterocycles. The molecule has 0 aliphatic carbocycles. The van der Waals surface area contributed by atoms with Crippen LogP contribution in [-0.4, -0.2) is 26.2 Å². The van der Waals surface area contributed by atoms with Gasteiger partial charge in [0.25, 0.3) is 5.89 Å². The number of hydrogen-bond acceptors (Lipinski definition) is 4. The molecule has 106 valence electrons. The second kappa shape index (κ2) is 4.90. The van der Waals surface area contributed by atoms with E-state index in [4.69, 9.17) is 4.52 Å². The van der Waals surface area contributed by atoms with Crippen molar-refractivity contribution in [3.8, 4) is 22.8 Å². The van der Waals surface area contributed by atoms with Gasteiger partial charge >= 0.3 is 5.97 Å². The molecule has 0 spiro atoms. The van der Waals surface area contributed by atoms with Gasteiger partial charge in [0.1, 0.15) is 0 Å².